The smallest absolute Gasteiger partial charge is 0.249 e. The lowest BCUT2D eigenvalue weighted by molar-refractivity contribution is 0.100. The molecule has 0 atom stereocenters. The SMILES string of the molecule is COc1cc(CCc2cc(-c3cc(N4CCNCC4)ccc3C(N)=O)n[nH]2)cc(OC)c1. The summed E-state index contributed by atoms with van der Waals surface area (Å²) in [5.41, 5.74) is 10.7. The number of nitrogens with one attached hydrogen (secondary N) is 2. The second kappa shape index (κ2) is 9.74. The van der Waals surface area contributed by atoms with Crippen molar-refractivity contribution >= 4 is 11.6 Å². The predicted octanol–water partition coefficient (Wildman–Crippen LogP) is 2.39. The van der Waals surface area contributed by atoms with E-state index in [0.29, 0.717) is 11.3 Å². The number of piperazine rings is 1. The number of anilines is 1. The first-order valence-electron chi connectivity index (χ1n) is 10.7. The fourth-order valence-corrected chi connectivity index (χ4v) is 4.00. The predicted molar refractivity (Wildman–Crippen MR) is 125 cm³/mol. The van der Waals surface area contributed by atoms with Crippen molar-refractivity contribution in [3.63, 3.8) is 0 Å². The summed E-state index contributed by atoms with van der Waals surface area (Å²) in [5, 5.41) is 10.9. The quantitative estimate of drug-likeness (QED) is 0.502. The first kappa shape index (κ1) is 21.7. The number of benzene rings is 2. The number of nitrogens with two attached hydrogens (primary N) is 1. The van der Waals surface area contributed by atoms with Gasteiger partial charge < -0.3 is 25.4 Å². The Balaban J connectivity index is 1.55. The van der Waals surface area contributed by atoms with Crippen LogP contribution in [0.3, 0.4) is 0 Å². The first-order valence-corrected chi connectivity index (χ1v) is 10.7. The van der Waals surface area contributed by atoms with E-state index in [4.69, 9.17) is 15.2 Å². The minimum absolute atomic E-state index is 0.458. The molecule has 2 heterocycles. The Morgan fingerprint density at radius 1 is 1.03 bits per heavy atom. The van der Waals surface area contributed by atoms with Crippen LogP contribution in [0.2, 0.25) is 0 Å². The molecular weight excluding hydrogens is 406 g/mol. The van der Waals surface area contributed by atoms with Gasteiger partial charge in [-0.3, -0.25) is 9.89 Å². The number of primary amides is 1. The van der Waals surface area contributed by atoms with Crippen LogP contribution in [0.15, 0.2) is 42.5 Å². The third kappa shape index (κ3) is 4.86. The van der Waals surface area contributed by atoms with Crippen LogP contribution >= 0.6 is 0 Å². The van der Waals surface area contributed by atoms with Gasteiger partial charge >= 0.3 is 0 Å². The number of amides is 1. The average molecular weight is 436 g/mol. The maximum absolute atomic E-state index is 12.1. The van der Waals surface area contributed by atoms with E-state index in [-0.39, 0.29) is 0 Å². The zero-order chi connectivity index (χ0) is 22.5. The molecule has 0 saturated carbocycles. The molecule has 8 nitrogen and oxygen atoms in total. The lowest BCUT2D eigenvalue weighted by Gasteiger charge is -2.30. The number of aromatic amines is 1. The molecule has 0 spiro atoms. The number of aryl methyl sites for hydroxylation is 2. The number of methoxy groups -OCH3 is 2. The molecule has 3 aromatic rings. The van der Waals surface area contributed by atoms with Gasteiger partial charge in [-0.1, -0.05) is 0 Å². The van der Waals surface area contributed by atoms with Gasteiger partial charge in [0.05, 0.1) is 19.9 Å². The lowest BCUT2D eigenvalue weighted by atomic mass is 10.0. The van der Waals surface area contributed by atoms with Crippen LogP contribution in [0.25, 0.3) is 11.3 Å². The summed E-state index contributed by atoms with van der Waals surface area (Å²) in [4.78, 5) is 14.4. The van der Waals surface area contributed by atoms with E-state index in [1.165, 1.54) is 0 Å². The molecule has 1 saturated heterocycles. The summed E-state index contributed by atoms with van der Waals surface area (Å²) < 4.78 is 10.7. The molecule has 1 aliphatic rings. The van der Waals surface area contributed by atoms with Crippen molar-refractivity contribution in [1.29, 1.82) is 0 Å². The fraction of sp³-hybridized carbons (Fsp3) is 0.333. The molecule has 1 aromatic heterocycles. The van der Waals surface area contributed by atoms with Crippen molar-refractivity contribution < 1.29 is 14.3 Å². The number of ether oxygens (including phenoxy) is 2. The standard InChI is InChI=1S/C24H29N5O3/c1-31-19-11-16(12-20(15-19)32-2)3-4-17-13-23(28-27-17)22-14-18(5-6-21(22)24(25)30)29-9-7-26-8-10-29/h5-6,11-15,26H,3-4,7-10H2,1-2H3,(H2,25,30)(H,27,28). The third-order valence-electron chi connectivity index (χ3n) is 5.75. The number of hydrogen-bond donors (Lipinski definition) is 3. The van der Waals surface area contributed by atoms with E-state index in [1.807, 2.05) is 36.4 Å². The second-order valence-corrected chi connectivity index (χ2v) is 7.83. The van der Waals surface area contributed by atoms with Crippen LogP contribution in [-0.4, -0.2) is 56.5 Å². The van der Waals surface area contributed by atoms with Gasteiger partial charge in [-0.25, -0.2) is 0 Å². The van der Waals surface area contributed by atoms with E-state index in [0.717, 1.165) is 73.0 Å². The van der Waals surface area contributed by atoms with Crippen LogP contribution in [0.5, 0.6) is 11.5 Å². The Labute approximate surface area is 187 Å². The summed E-state index contributed by atoms with van der Waals surface area (Å²) in [5.74, 6) is 1.07. The average Bonchev–Trinajstić information content (AvgIpc) is 3.31. The minimum Gasteiger partial charge on any atom is -0.497 e. The summed E-state index contributed by atoms with van der Waals surface area (Å²) in [6.07, 6.45) is 1.55. The molecule has 32 heavy (non-hydrogen) atoms. The van der Waals surface area contributed by atoms with Gasteiger partial charge in [0.2, 0.25) is 5.91 Å². The van der Waals surface area contributed by atoms with Gasteiger partial charge in [0.15, 0.2) is 0 Å². The van der Waals surface area contributed by atoms with Gasteiger partial charge in [-0.05, 0) is 54.8 Å². The Morgan fingerprint density at radius 2 is 1.75 bits per heavy atom. The molecule has 1 amide bonds. The van der Waals surface area contributed by atoms with E-state index < -0.39 is 5.91 Å². The third-order valence-corrected chi connectivity index (χ3v) is 5.75. The summed E-state index contributed by atoms with van der Waals surface area (Å²) in [6, 6.07) is 13.6. The molecule has 1 aliphatic heterocycles. The molecule has 1 fully saturated rings. The monoisotopic (exact) mass is 435 g/mol. The van der Waals surface area contributed by atoms with Gasteiger partial charge in [0, 0.05) is 54.8 Å². The molecular formula is C24H29N5O3. The maximum Gasteiger partial charge on any atom is 0.249 e. The Kier molecular flexibility index (Phi) is 6.61. The topological polar surface area (TPSA) is 106 Å². The van der Waals surface area contributed by atoms with E-state index in [1.54, 1.807) is 20.3 Å². The van der Waals surface area contributed by atoms with Crippen molar-refractivity contribution in [3.8, 4) is 22.8 Å². The molecule has 0 aliphatic carbocycles. The number of aromatic nitrogens is 2. The number of carbonyl (C=O) groups excluding carboxylic acids is 1. The van der Waals surface area contributed by atoms with Crippen LogP contribution in [0.1, 0.15) is 21.6 Å². The number of H-pyrrole nitrogens is 1. The van der Waals surface area contributed by atoms with Crippen LogP contribution in [-0.2, 0) is 12.8 Å². The molecule has 4 rings (SSSR count). The Bertz CT molecular complexity index is 1070. The van der Waals surface area contributed by atoms with E-state index >= 15 is 0 Å². The molecule has 2 aromatic carbocycles. The molecule has 168 valence electrons. The highest BCUT2D eigenvalue weighted by molar-refractivity contribution is 6.00. The van der Waals surface area contributed by atoms with Crippen LogP contribution in [0.4, 0.5) is 5.69 Å². The van der Waals surface area contributed by atoms with Gasteiger partial charge in [-0.15, -0.1) is 0 Å². The molecule has 0 bridgehead atoms. The number of rotatable bonds is 8. The normalized spacial score (nSPS) is 13.8. The van der Waals surface area contributed by atoms with Gasteiger partial charge in [0.1, 0.15) is 11.5 Å². The summed E-state index contributed by atoms with van der Waals surface area (Å²) >= 11 is 0. The van der Waals surface area contributed by atoms with Crippen LogP contribution in [0, 0.1) is 0 Å². The molecule has 8 heteroatoms. The molecule has 0 unspecified atom stereocenters. The minimum atomic E-state index is -0.458. The zero-order valence-electron chi connectivity index (χ0n) is 18.5. The highest BCUT2D eigenvalue weighted by atomic mass is 16.5. The Morgan fingerprint density at radius 3 is 2.41 bits per heavy atom. The number of hydrogen-bond acceptors (Lipinski definition) is 6. The van der Waals surface area contributed by atoms with Crippen molar-refractivity contribution in [1.82, 2.24) is 15.5 Å². The van der Waals surface area contributed by atoms with Gasteiger partial charge in [-0.2, -0.15) is 5.10 Å². The fourth-order valence-electron chi connectivity index (χ4n) is 4.00. The van der Waals surface area contributed by atoms with Crippen LogP contribution < -0.4 is 25.4 Å². The number of carbonyl (C=O) groups is 1. The zero-order valence-corrected chi connectivity index (χ0v) is 18.5. The van der Waals surface area contributed by atoms with E-state index in [9.17, 15) is 4.79 Å². The lowest BCUT2D eigenvalue weighted by Crippen LogP contribution is -2.43. The summed E-state index contributed by atoms with van der Waals surface area (Å²) in [7, 11) is 3.29. The molecule has 0 radical (unpaired) electrons. The maximum atomic E-state index is 12.1. The van der Waals surface area contributed by atoms with Crippen molar-refractivity contribution in [2.45, 2.75) is 12.8 Å². The molecule has 4 N–H and O–H groups in total. The summed E-state index contributed by atoms with van der Waals surface area (Å²) in [6.45, 7) is 3.72. The Hall–Kier alpha value is -3.52. The number of nitrogens with zero attached hydrogens (tertiary/aromatic N) is 2. The van der Waals surface area contributed by atoms with E-state index in [2.05, 4.69) is 20.4 Å². The van der Waals surface area contributed by atoms with Gasteiger partial charge in [0.25, 0.3) is 0 Å². The second-order valence-electron chi connectivity index (χ2n) is 7.83. The van der Waals surface area contributed by atoms with Crippen molar-refractivity contribution in [2.24, 2.45) is 5.73 Å². The van der Waals surface area contributed by atoms with Crippen molar-refractivity contribution in [3.05, 3.63) is 59.3 Å². The highest BCUT2D eigenvalue weighted by Gasteiger charge is 2.17. The largest absolute Gasteiger partial charge is 0.497 e. The first-order chi connectivity index (χ1) is 15.6. The van der Waals surface area contributed by atoms with Crippen molar-refractivity contribution in [2.75, 3.05) is 45.3 Å². The highest BCUT2D eigenvalue weighted by Crippen LogP contribution is 2.29.